The van der Waals surface area contributed by atoms with Gasteiger partial charge in [0.15, 0.2) is 0 Å². The van der Waals surface area contributed by atoms with Gasteiger partial charge < -0.3 is 4.74 Å². The first kappa shape index (κ1) is 11.0. The van der Waals surface area contributed by atoms with Crippen LogP contribution in [0.4, 0.5) is 0 Å². The zero-order valence-corrected chi connectivity index (χ0v) is 9.12. The molecule has 1 rings (SSSR count). The van der Waals surface area contributed by atoms with Crippen molar-refractivity contribution in [2.24, 2.45) is 4.99 Å². The predicted molar refractivity (Wildman–Crippen MR) is 60.4 cm³/mol. The second-order valence-corrected chi connectivity index (χ2v) is 3.68. The SMILES string of the molecule is C=C(C=N/C(C)=C\C)OC1CCCC1. The van der Waals surface area contributed by atoms with Crippen molar-refractivity contribution in [3.63, 3.8) is 0 Å². The molecule has 0 heterocycles. The summed E-state index contributed by atoms with van der Waals surface area (Å²) in [6.45, 7) is 7.75. The summed E-state index contributed by atoms with van der Waals surface area (Å²) in [5.74, 6) is 0.679. The summed E-state index contributed by atoms with van der Waals surface area (Å²) >= 11 is 0. The molecule has 1 aliphatic carbocycles. The zero-order valence-electron chi connectivity index (χ0n) is 9.12. The van der Waals surface area contributed by atoms with E-state index in [2.05, 4.69) is 11.6 Å². The van der Waals surface area contributed by atoms with Crippen LogP contribution in [-0.4, -0.2) is 12.3 Å². The molecule has 0 aliphatic heterocycles. The molecule has 0 aromatic heterocycles. The fraction of sp³-hybridized carbons (Fsp3) is 0.583. The van der Waals surface area contributed by atoms with Gasteiger partial charge in [-0.3, -0.25) is 4.99 Å². The highest BCUT2D eigenvalue weighted by molar-refractivity contribution is 5.75. The fourth-order valence-electron chi connectivity index (χ4n) is 1.50. The minimum Gasteiger partial charge on any atom is -0.489 e. The monoisotopic (exact) mass is 193 g/mol. The van der Waals surface area contributed by atoms with E-state index in [1.165, 1.54) is 12.8 Å². The predicted octanol–water partition coefficient (Wildman–Crippen LogP) is 3.45. The van der Waals surface area contributed by atoms with E-state index in [9.17, 15) is 0 Å². The fourth-order valence-corrected chi connectivity index (χ4v) is 1.50. The molecular formula is C12H19NO. The van der Waals surface area contributed by atoms with Gasteiger partial charge in [-0.05, 0) is 39.5 Å². The van der Waals surface area contributed by atoms with Gasteiger partial charge in [0.1, 0.15) is 5.76 Å². The van der Waals surface area contributed by atoms with E-state index < -0.39 is 0 Å². The van der Waals surface area contributed by atoms with Gasteiger partial charge in [0.2, 0.25) is 0 Å². The molecule has 0 saturated heterocycles. The van der Waals surface area contributed by atoms with E-state index >= 15 is 0 Å². The van der Waals surface area contributed by atoms with Crippen LogP contribution in [0.5, 0.6) is 0 Å². The molecule has 0 N–H and O–H groups in total. The van der Waals surface area contributed by atoms with Crippen molar-refractivity contribution in [3.8, 4) is 0 Å². The molecule has 0 radical (unpaired) electrons. The highest BCUT2D eigenvalue weighted by Crippen LogP contribution is 2.22. The van der Waals surface area contributed by atoms with Gasteiger partial charge in [0.25, 0.3) is 0 Å². The Morgan fingerprint density at radius 1 is 1.43 bits per heavy atom. The lowest BCUT2D eigenvalue weighted by Crippen LogP contribution is -2.07. The van der Waals surface area contributed by atoms with Crippen LogP contribution in [0.2, 0.25) is 0 Å². The van der Waals surface area contributed by atoms with Crippen LogP contribution in [0, 0.1) is 0 Å². The van der Waals surface area contributed by atoms with Gasteiger partial charge in [-0.2, -0.15) is 0 Å². The Morgan fingerprint density at radius 2 is 2.07 bits per heavy atom. The van der Waals surface area contributed by atoms with E-state index in [1.54, 1.807) is 6.21 Å². The summed E-state index contributed by atoms with van der Waals surface area (Å²) in [5.41, 5.74) is 0.987. The minimum atomic E-state index is 0.375. The van der Waals surface area contributed by atoms with Crippen molar-refractivity contribution in [1.29, 1.82) is 0 Å². The van der Waals surface area contributed by atoms with Crippen molar-refractivity contribution in [2.75, 3.05) is 0 Å². The van der Waals surface area contributed by atoms with Crippen molar-refractivity contribution in [1.82, 2.24) is 0 Å². The van der Waals surface area contributed by atoms with Gasteiger partial charge in [-0.1, -0.05) is 12.7 Å². The molecule has 0 spiro atoms. The number of ether oxygens (including phenoxy) is 1. The number of aliphatic imine (C=N–C) groups is 1. The molecule has 14 heavy (non-hydrogen) atoms. The number of hydrogen-bond acceptors (Lipinski definition) is 2. The molecule has 2 nitrogen and oxygen atoms in total. The lowest BCUT2D eigenvalue weighted by atomic mass is 10.3. The molecule has 2 heteroatoms. The molecular weight excluding hydrogens is 174 g/mol. The maximum atomic E-state index is 5.64. The summed E-state index contributed by atoms with van der Waals surface area (Å²) in [7, 11) is 0. The quantitative estimate of drug-likeness (QED) is 0.495. The number of rotatable bonds is 4. The Labute approximate surface area is 86.4 Å². The van der Waals surface area contributed by atoms with Crippen LogP contribution in [0.25, 0.3) is 0 Å². The lowest BCUT2D eigenvalue weighted by Gasteiger charge is -2.11. The van der Waals surface area contributed by atoms with Crippen molar-refractivity contribution >= 4 is 6.21 Å². The molecule has 1 saturated carbocycles. The maximum absolute atomic E-state index is 5.64. The molecule has 0 amide bonds. The third-order valence-electron chi connectivity index (χ3n) is 2.45. The first-order valence-corrected chi connectivity index (χ1v) is 5.25. The van der Waals surface area contributed by atoms with E-state index in [0.29, 0.717) is 11.9 Å². The summed E-state index contributed by atoms with van der Waals surface area (Å²) in [4.78, 5) is 4.20. The first-order chi connectivity index (χ1) is 6.72. The maximum Gasteiger partial charge on any atom is 0.130 e. The van der Waals surface area contributed by atoms with Crippen LogP contribution < -0.4 is 0 Å². The molecule has 0 atom stereocenters. The Hall–Kier alpha value is -1.05. The van der Waals surface area contributed by atoms with Gasteiger partial charge in [-0.15, -0.1) is 0 Å². The molecule has 0 bridgehead atoms. The van der Waals surface area contributed by atoms with Crippen LogP contribution in [0.3, 0.4) is 0 Å². The van der Waals surface area contributed by atoms with Crippen LogP contribution in [-0.2, 0) is 4.74 Å². The standard InChI is InChI=1S/C12H19NO/c1-4-10(2)13-9-11(3)14-12-7-5-6-8-12/h4,9,12H,3,5-8H2,1-2H3/b10-4-,13-9?. The van der Waals surface area contributed by atoms with Gasteiger partial charge in [0, 0.05) is 5.70 Å². The summed E-state index contributed by atoms with van der Waals surface area (Å²) < 4.78 is 5.64. The van der Waals surface area contributed by atoms with Gasteiger partial charge in [-0.25, -0.2) is 0 Å². The van der Waals surface area contributed by atoms with Crippen molar-refractivity contribution < 1.29 is 4.74 Å². The normalized spacial score (nSPS) is 19.1. The average Bonchev–Trinajstić information content (AvgIpc) is 2.66. The van der Waals surface area contributed by atoms with Gasteiger partial charge in [0.05, 0.1) is 12.3 Å². The van der Waals surface area contributed by atoms with Crippen LogP contribution in [0.1, 0.15) is 39.5 Å². The lowest BCUT2D eigenvalue weighted by molar-refractivity contribution is 0.139. The van der Waals surface area contributed by atoms with Crippen LogP contribution >= 0.6 is 0 Å². The second-order valence-electron chi connectivity index (χ2n) is 3.68. The Balaban J connectivity index is 2.31. The minimum absolute atomic E-state index is 0.375. The van der Waals surface area contributed by atoms with E-state index in [4.69, 9.17) is 4.74 Å². The third kappa shape index (κ3) is 3.77. The van der Waals surface area contributed by atoms with Gasteiger partial charge >= 0.3 is 0 Å². The Kier molecular flexibility index (Phi) is 4.44. The number of hydrogen-bond donors (Lipinski definition) is 0. The summed E-state index contributed by atoms with van der Waals surface area (Å²) in [5, 5.41) is 0. The van der Waals surface area contributed by atoms with Crippen LogP contribution in [0.15, 0.2) is 29.1 Å². The largest absolute Gasteiger partial charge is 0.489 e. The molecule has 0 aromatic carbocycles. The van der Waals surface area contributed by atoms with E-state index in [-0.39, 0.29) is 0 Å². The topological polar surface area (TPSA) is 21.6 Å². The number of allylic oxidation sites excluding steroid dienone is 3. The second kappa shape index (κ2) is 5.63. The Bertz CT molecular complexity index is 247. The molecule has 0 aromatic rings. The number of nitrogens with zero attached hydrogens (tertiary/aromatic N) is 1. The molecule has 78 valence electrons. The van der Waals surface area contributed by atoms with Crippen molar-refractivity contribution in [2.45, 2.75) is 45.6 Å². The summed E-state index contributed by atoms with van der Waals surface area (Å²) in [6, 6.07) is 0. The van der Waals surface area contributed by atoms with Crippen molar-refractivity contribution in [3.05, 3.63) is 24.1 Å². The smallest absolute Gasteiger partial charge is 0.130 e. The molecule has 1 fully saturated rings. The zero-order chi connectivity index (χ0) is 10.4. The highest BCUT2D eigenvalue weighted by Gasteiger charge is 2.15. The van der Waals surface area contributed by atoms with E-state index in [0.717, 1.165) is 18.5 Å². The third-order valence-corrected chi connectivity index (χ3v) is 2.45. The average molecular weight is 193 g/mol. The molecule has 1 aliphatic rings. The van der Waals surface area contributed by atoms with E-state index in [1.807, 2.05) is 19.9 Å². The Morgan fingerprint density at radius 3 is 2.64 bits per heavy atom. The molecule has 0 unspecified atom stereocenters. The first-order valence-electron chi connectivity index (χ1n) is 5.25. The highest BCUT2D eigenvalue weighted by atomic mass is 16.5. The summed E-state index contributed by atoms with van der Waals surface area (Å²) in [6.07, 6.45) is 8.92.